The Labute approximate surface area is 207 Å². The van der Waals surface area contributed by atoms with Gasteiger partial charge in [0.1, 0.15) is 0 Å². The Bertz CT molecular complexity index is 1320. The highest BCUT2D eigenvalue weighted by molar-refractivity contribution is 6.42. The van der Waals surface area contributed by atoms with Crippen LogP contribution in [0.3, 0.4) is 0 Å². The lowest BCUT2D eigenvalue weighted by Gasteiger charge is -2.09. The molecule has 4 aromatic rings. The van der Waals surface area contributed by atoms with Crippen molar-refractivity contribution in [2.75, 3.05) is 11.9 Å². The zero-order chi connectivity index (χ0) is 23.7. The number of rotatable bonds is 7. The largest absolute Gasteiger partial charge is 0.463 e. The summed E-state index contributed by atoms with van der Waals surface area (Å²) in [6.45, 7) is 2.32. The average Bonchev–Trinajstić information content (AvgIpc) is 3.56. The predicted octanol–water partition coefficient (Wildman–Crippen LogP) is 6.38. The van der Waals surface area contributed by atoms with Crippen molar-refractivity contribution in [3.05, 3.63) is 88.4 Å². The Morgan fingerprint density at radius 3 is 2.53 bits per heavy atom. The average molecular weight is 493 g/mol. The van der Waals surface area contributed by atoms with Gasteiger partial charge in [0.25, 0.3) is 0 Å². The molecule has 34 heavy (non-hydrogen) atoms. The van der Waals surface area contributed by atoms with Crippen LogP contribution in [0.15, 0.2) is 72.8 Å². The van der Waals surface area contributed by atoms with Crippen LogP contribution in [0.4, 0.5) is 5.69 Å². The minimum absolute atomic E-state index is 0.00685. The van der Waals surface area contributed by atoms with Gasteiger partial charge in [-0.25, -0.2) is 4.68 Å². The number of anilines is 1. The first kappa shape index (κ1) is 22.4. The number of halogens is 2. The minimum Gasteiger partial charge on any atom is -0.463 e. The second kappa shape index (κ2) is 9.49. The maximum absolute atomic E-state index is 12.7. The van der Waals surface area contributed by atoms with Crippen molar-refractivity contribution < 1.29 is 9.53 Å². The molecule has 5 rings (SSSR count). The van der Waals surface area contributed by atoms with Crippen LogP contribution in [-0.2, 0) is 4.79 Å². The highest BCUT2D eigenvalue weighted by Gasteiger charge is 2.43. The van der Waals surface area contributed by atoms with E-state index >= 15 is 0 Å². The Morgan fingerprint density at radius 1 is 1.06 bits per heavy atom. The topological polar surface area (TPSA) is 69.0 Å². The van der Waals surface area contributed by atoms with E-state index in [0.717, 1.165) is 23.4 Å². The summed E-state index contributed by atoms with van der Waals surface area (Å²) in [4.78, 5) is 17.2. The van der Waals surface area contributed by atoms with Gasteiger partial charge in [-0.15, -0.1) is 5.10 Å². The number of ether oxygens (including phenoxy) is 1. The van der Waals surface area contributed by atoms with Crippen molar-refractivity contribution in [3.63, 3.8) is 0 Å². The first-order chi connectivity index (χ1) is 16.5. The van der Waals surface area contributed by atoms with Crippen LogP contribution in [-0.4, -0.2) is 27.3 Å². The lowest BCUT2D eigenvalue weighted by molar-refractivity contribution is -0.117. The third-order valence-corrected chi connectivity index (χ3v) is 6.51. The van der Waals surface area contributed by atoms with E-state index in [9.17, 15) is 4.79 Å². The van der Waals surface area contributed by atoms with E-state index in [2.05, 4.69) is 27.5 Å². The van der Waals surface area contributed by atoms with E-state index in [0.29, 0.717) is 28.4 Å². The predicted molar refractivity (Wildman–Crippen MR) is 134 cm³/mol. The molecule has 1 saturated carbocycles. The first-order valence-electron chi connectivity index (χ1n) is 11.0. The van der Waals surface area contributed by atoms with Gasteiger partial charge in [0.2, 0.25) is 5.91 Å². The van der Waals surface area contributed by atoms with Crippen molar-refractivity contribution in [2.24, 2.45) is 5.92 Å². The van der Waals surface area contributed by atoms with E-state index in [4.69, 9.17) is 27.9 Å². The van der Waals surface area contributed by atoms with Gasteiger partial charge in [-0.05, 0) is 67.3 Å². The van der Waals surface area contributed by atoms with Gasteiger partial charge in [-0.3, -0.25) is 4.79 Å². The van der Waals surface area contributed by atoms with E-state index in [1.807, 2.05) is 55.5 Å². The van der Waals surface area contributed by atoms with Crippen molar-refractivity contribution in [2.45, 2.75) is 19.3 Å². The summed E-state index contributed by atoms with van der Waals surface area (Å²) in [5.41, 5.74) is 3.47. The summed E-state index contributed by atoms with van der Waals surface area (Å²) >= 11 is 12.3. The quantitative estimate of drug-likeness (QED) is 0.324. The molecule has 1 amide bonds. The third kappa shape index (κ3) is 4.65. The number of benzene rings is 3. The smallest absolute Gasteiger partial charge is 0.336 e. The molecular weight excluding hydrogens is 471 g/mol. The summed E-state index contributed by atoms with van der Waals surface area (Å²) in [6, 6.07) is 23.2. The van der Waals surface area contributed by atoms with Crippen LogP contribution in [0.1, 0.15) is 24.8 Å². The molecule has 0 aliphatic heterocycles. The molecule has 1 heterocycles. The maximum Gasteiger partial charge on any atom is 0.336 e. The molecule has 172 valence electrons. The van der Waals surface area contributed by atoms with E-state index in [1.165, 1.54) is 5.56 Å². The van der Waals surface area contributed by atoms with Crippen LogP contribution in [0, 0.1) is 5.92 Å². The number of nitrogens with one attached hydrogen (secondary N) is 1. The van der Waals surface area contributed by atoms with Crippen molar-refractivity contribution in [1.82, 2.24) is 14.8 Å². The molecule has 1 aliphatic carbocycles. The van der Waals surface area contributed by atoms with Crippen LogP contribution in [0.25, 0.3) is 17.1 Å². The molecular formula is C26H22Cl2N4O2. The van der Waals surface area contributed by atoms with Gasteiger partial charge >= 0.3 is 6.01 Å². The second-order valence-corrected chi connectivity index (χ2v) is 8.90. The molecule has 2 atom stereocenters. The zero-order valence-electron chi connectivity index (χ0n) is 18.4. The molecule has 1 fully saturated rings. The number of amides is 1. The number of hydrogen-bond acceptors (Lipinski definition) is 4. The number of carbonyl (C=O) groups excluding carboxylic acids is 1. The first-order valence-corrected chi connectivity index (χ1v) is 11.8. The SMILES string of the molecule is CCOc1nc(-c2ccc(Cl)c(Cl)c2)n(-c2ccc(NC(=O)[C@H]3C[C@H]3c3ccccc3)cc2)n1. The molecule has 1 N–H and O–H groups in total. The van der Waals surface area contributed by atoms with Crippen LogP contribution >= 0.6 is 23.2 Å². The van der Waals surface area contributed by atoms with Gasteiger partial charge in [0, 0.05) is 17.2 Å². The lowest BCUT2D eigenvalue weighted by Crippen LogP contribution is -2.14. The van der Waals surface area contributed by atoms with Crippen molar-refractivity contribution in [3.8, 4) is 23.1 Å². The van der Waals surface area contributed by atoms with Crippen LogP contribution in [0.2, 0.25) is 10.0 Å². The zero-order valence-corrected chi connectivity index (χ0v) is 19.9. The second-order valence-electron chi connectivity index (χ2n) is 8.09. The lowest BCUT2D eigenvalue weighted by atomic mass is 10.1. The Balaban J connectivity index is 1.35. The molecule has 3 aromatic carbocycles. The van der Waals surface area contributed by atoms with Crippen molar-refractivity contribution >= 4 is 34.8 Å². The van der Waals surface area contributed by atoms with Crippen LogP contribution < -0.4 is 10.1 Å². The van der Waals surface area contributed by atoms with Crippen LogP contribution in [0.5, 0.6) is 6.01 Å². The Hall–Kier alpha value is -3.35. The molecule has 8 heteroatoms. The van der Waals surface area contributed by atoms with Gasteiger partial charge in [-0.2, -0.15) is 4.98 Å². The third-order valence-electron chi connectivity index (χ3n) is 5.77. The number of aromatic nitrogens is 3. The van der Waals surface area contributed by atoms with E-state index in [1.54, 1.807) is 16.8 Å². The summed E-state index contributed by atoms with van der Waals surface area (Å²) in [7, 11) is 0. The molecule has 0 spiro atoms. The maximum atomic E-state index is 12.7. The fourth-order valence-corrected chi connectivity index (χ4v) is 4.26. The molecule has 0 bridgehead atoms. The summed E-state index contributed by atoms with van der Waals surface area (Å²) in [6.07, 6.45) is 0.875. The van der Waals surface area contributed by atoms with Gasteiger partial charge in [0.15, 0.2) is 5.82 Å². The molecule has 1 aromatic heterocycles. The fourth-order valence-electron chi connectivity index (χ4n) is 3.96. The molecule has 1 aliphatic rings. The molecule has 0 unspecified atom stereocenters. The summed E-state index contributed by atoms with van der Waals surface area (Å²) in [5.74, 6) is 0.911. The monoisotopic (exact) mass is 492 g/mol. The molecule has 0 radical (unpaired) electrons. The van der Waals surface area contributed by atoms with Crippen molar-refractivity contribution in [1.29, 1.82) is 0 Å². The van der Waals surface area contributed by atoms with E-state index < -0.39 is 0 Å². The normalized spacial score (nSPS) is 16.8. The number of carbonyl (C=O) groups is 1. The van der Waals surface area contributed by atoms with E-state index in [-0.39, 0.29) is 17.8 Å². The summed E-state index contributed by atoms with van der Waals surface area (Å²) in [5, 5.41) is 8.41. The molecule has 6 nitrogen and oxygen atoms in total. The highest BCUT2D eigenvalue weighted by Crippen LogP contribution is 2.47. The Morgan fingerprint density at radius 2 is 1.82 bits per heavy atom. The van der Waals surface area contributed by atoms with Gasteiger partial charge < -0.3 is 10.1 Å². The number of hydrogen-bond donors (Lipinski definition) is 1. The minimum atomic E-state index is 0.00685. The van der Waals surface area contributed by atoms with Gasteiger partial charge in [-0.1, -0.05) is 53.5 Å². The number of nitrogens with zero attached hydrogens (tertiary/aromatic N) is 3. The molecule has 0 saturated heterocycles. The van der Waals surface area contributed by atoms with Gasteiger partial charge in [0.05, 0.1) is 22.3 Å². The highest BCUT2D eigenvalue weighted by atomic mass is 35.5. The Kier molecular flexibility index (Phi) is 6.26. The fraction of sp³-hybridized carbons (Fsp3) is 0.192. The standard InChI is InChI=1S/C26H22Cl2N4O2/c1-2-34-26-30-24(17-8-13-22(27)23(28)14-17)32(31-26)19-11-9-18(10-12-19)29-25(33)21-15-20(21)16-6-4-3-5-7-16/h3-14,20-21H,2,15H2,1H3,(H,29,33)/t20-,21-/m0/s1. The summed E-state index contributed by atoms with van der Waals surface area (Å²) < 4.78 is 7.20.